The Bertz CT molecular complexity index is 584. The molecule has 0 aromatic heterocycles. The Kier molecular flexibility index (Phi) is 6.92. The molecule has 25 heavy (non-hydrogen) atoms. The van der Waals surface area contributed by atoms with Crippen LogP contribution in [0.15, 0.2) is 23.2 Å². The van der Waals surface area contributed by atoms with Crippen molar-refractivity contribution in [3.8, 4) is 0 Å². The maximum atomic E-state index is 13.4. The van der Waals surface area contributed by atoms with E-state index >= 15 is 0 Å². The van der Waals surface area contributed by atoms with Crippen LogP contribution in [0.25, 0.3) is 0 Å². The van der Waals surface area contributed by atoms with Crippen LogP contribution >= 0.6 is 0 Å². The van der Waals surface area contributed by atoms with Gasteiger partial charge in [0.25, 0.3) is 0 Å². The minimum atomic E-state index is -4.43. The van der Waals surface area contributed by atoms with E-state index in [4.69, 9.17) is 10.5 Å². The molecule has 1 aliphatic rings. The van der Waals surface area contributed by atoms with Crippen LogP contribution in [0, 0.1) is 0 Å². The Hall–Kier alpha value is -1.96. The van der Waals surface area contributed by atoms with Crippen LogP contribution in [0.1, 0.15) is 30.9 Å². The van der Waals surface area contributed by atoms with Crippen LogP contribution < -0.4 is 16.0 Å². The zero-order valence-corrected chi connectivity index (χ0v) is 14.4. The molecule has 0 spiro atoms. The van der Waals surface area contributed by atoms with E-state index in [0.717, 1.165) is 12.8 Å². The summed E-state index contributed by atoms with van der Waals surface area (Å²) < 4.78 is 45.5. The topological polar surface area (TPSA) is 62.9 Å². The summed E-state index contributed by atoms with van der Waals surface area (Å²) in [7, 11) is 0. The van der Waals surface area contributed by atoms with Gasteiger partial charge in [-0.1, -0.05) is 19.4 Å². The quantitative estimate of drug-likeness (QED) is 0.466. The smallest absolute Gasteiger partial charge is 0.378 e. The van der Waals surface area contributed by atoms with Crippen molar-refractivity contribution in [1.29, 1.82) is 0 Å². The van der Waals surface area contributed by atoms with Gasteiger partial charge >= 0.3 is 6.18 Å². The van der Waals surface area contributed by atoms with Crippen molar-refractivity contribution >= 4 is 11.6 Å². The molecule has 3 N–H and O–H groups in total. The second kappa shape index (κ2) is 8.94. The molecule has 8 heteroatoms. The van der Waals surface area contributed by atoms with Gasteiger partial charge in [-0.15, -0.1) is 0 Å². The van der Waals surface area contributed by atoms with Crippen molar-refractivity contribution in [1.82, 2.24) is 5.32 Å². The summed E-state index contributed by atoms with van der Waals surface area (Å²) in [5, 5.41) is 2.90. The number of ether oxygens (including phenoxy) is 1. The Balaban J connectivity index is 2.15. The second-order valence-electron chi connectivity index (χ2n) is 5.92. The van der Waals surface area contributed by atoms with Crippen LogP contribution in [0.5, 0.6) is 0 Å². The molecule has 2 rings (SSSR count). The zero-order valence-electron chi connectivity index (χ0n) is 14.4. The van der Waals surface area contributed by atoms with Gasteiger partial charge in [-0.3, -0.25) is 0 Å². The molecule has 0 saturated carbocycles. The fourth-order valence-electron chi connectivity index (χ4n) is 2.60. The van der Waals surface area contributed by atoms with Gasteiger partial charge in [-0.05, 0) is 24.1 Å². The minimum Gasteiger partial charge on any atom is -0.378 e. The van der Waals surface area contributed by atoms with Crippen LogP contribution in [0.3, 0.4) is 0 Å². The van der Waals surface area contributed by atoms with Crippen LogP contribution in [-0.2, 0) is 17.5 Å². The first-order valence-corrected chi connectivity index (χ1v) is 8.48. The number of guanidine groups is 1. The maximum absolute atomic E-state index is 13.4. The number of nitrogens with zero attached hydrogens (tertiary/aromatic N) is 2. The van der Waals surface area contributed by atoms with E-state index in [-0.39, 0.29) is 18.1 Å². The molecule has 1 saturated heterocycles. The summed E-state index contributed by atoms with van der Waals surface area (Å²) in [6.45, 7) is 4.81. The number of morpholine rings is 1. The van der Waals surface area contributed by atoms with E-state index in [1.807, 2.05) is 11.8 Å². The van der Waals surface area contributed by atoms with Crippen LogP contribution in [0.2, 0.25) is 0 Å². The van der Waals surface area contributed by atoms with Crippen LogP contribution in [0.4, 0.5) is 18.9 Å². The fraction of sp³-hybridized carbons (Fsp3) is 0.588. The van der Waals surface area contributed by atoms with Gasteiger partial charge < -0.3 is 20.7 Å². The number of benzene rings is 1. The molecule has 0 radical (unpaired) electrons. The van der Waals surface area contributed by atoms with E-state index in [1.54, 1.807) is 6.07 Å². The molecule has 1 fully saturated rings. The van der Waals surface area contributed by atoms with Gasteiger partial charge in [0.05, 0.1) is 25.3 Å². The van der Waals surface area contributed by atoms with E-state index in [2.05, 4.69) is 10.3 Å². The molecule has 0 bridgehead atoms. The number of unbranched alkanes of at least 4 members (excludes halogenated alkanes) is 1. The highest BCUT2D eigenvalue weighted by atomic mass is 19.4. The Labute approximate surface area is 146 Å². The first kappa shape index (κ1) is 19.4. The highest BCUT2D eigenvalue weighted by molar-refractivity contribution is 5.77. The number of rotatable bonds is 6. The number of halogens is 3. The first-order chi connectivity index (χ1) is 11.9. The third-order valence-corrected chi connectivity index (χ3v) is 4.03. The minimum absolute atomic E-state index is 0.108. The summed E-state index contributed by atoms with van der Waals surface area (Å²) in [4.78, 5) is 5.93. The standard InChI is InChI=1S/C17H25F3N4O/c1-2-3-6-22-16(21)23-12-13-4-5-14(11-15(13)17(18,19)20)24-7-9-25-10-8-24/h4-5,11H,2-3,6-10,12H2,1H3,(H3,21,22,23). The summed E-state index contributed by atoms with van der Waals surface area (Å²) in [6.07, 6.45) is -2.50. The number of nitrogens with one attached hydrogen (secondary N) is 1. The lowest BCUT2D eigenvalue weighted by Gasteiger charge is -2.29. The molecule has 1 aromatic rings. The van der Waals surface area contributed by atoms with E-state index < -0.39 is 11.7 Å². The van der Waals surface area contributed by atoms with Gasteiger partial charge in [-0.2, -0.15) is 13.2 Å². The predicted molar refractivity (Wildman–Crippen MR) is 92.7 cm³/mol. The largest absolute Gasteiger partial charge is 0.416 e. The number of hydrogen-bond donors (Lipinski definition) is 2. The monoisotopic (exact) mass is 358 g/mol. The van der Waals surface area contributed by atoms with Gasteiger partial charge in [0.1, 0.15) is 0 Å². The van der Waals surface area contributed by atoms with Crippen molar-refractivity contribution in [3.05, 3.63) is 29.3 Å². The van der Waals surface area contributed by atoms with Crippen LogP contribution in [-0.4, -0.2) is 38.8 Å². The number of hydrogen-bond acceptors (Lipinski definition) is 3. The van der Waals surface area contributed by atoms with E-state index in [9.17, 15) is 13.2 Å². The third-order valence-electron chi connectivity index (χ3n) is 4.03. The zero-order chi connectivity index (χ0) is 18.3. The molecule has 0 unspecified atom stereocenters. The summed E-state index contributed by atoms with van der Waals surface area (Å²) in [5.74, 6) is 0.166. The average Bonchev–Trinajstić information content (AvgIpc) is 2.60. The summed E-state index contributed by atoms with van der Waals surface area (Å²) >= 11 is 0. The number of alkyl halides is 3. The Morgan fingerprint density at radius 1 is 1.32 bits per heavy atom. The molecular weight excluding hydrogens is 333 g/mol. The molecule has 1 aliphatic heterocycles. The molecular formula is C17H25F3N4O. The Morgan fingerprint density at radius 2 is 2.04 bits per heavy atom. The highest BCUT2D eigenvalue weighted by Crippen LogP contribution is 2.35. The molecule has 0 amide bonds. The van der Waals surface area contributed by atoms with Crippen molar-refractivity contribution in [3.63, 3.8) is 0 Å². The molecule has 140 valence electrons. The van der Waals surface area contributed by atoms with E-state index in [1.165, 1.54) is 12.1 Å². The van der Waals surface area contributed by atoms with Crippen molar-refractivity contribution in [2.75, 3.05) is 37.7 Å². The molecule has 1 aromatic carbocycles. The van der Waals surface area contributed by atoms with Gasteiger partial charge in [-0.25, -0.2) is 4.99 Å². The maximum Gasteiger partial charge on any atom is 0.416 e. The van der Waals surface area contributed by atoms with Gasteiger partial charge in [0, 0.05) is 25.3 Å². The predicted octanol–water partition coefficient (Wildman–Crippen LogP) is 2.75. The van der Waals surface area contributed by atoms with Gasteiger partial charge in [0.2, 0.25) is 0 Å². The number of nitrogens with two attached hydrogens (primary N) is 1. The summed E-state index contributed by atoms with van der Waals surface area (Å²) in [6, 6.07) is 4.37. The first-order valence-electron chi connectivity index (χ1n) is 8.48. The average molecular weight is 358 g/mol. The highest BCUT2D eigenvalue weighted by Gasteiger charge is 2.34. The fourth-order valence-corrected chi connectivity index (χ4v) is 2.60. The molecule has 5 nitrogen and oxygen atoms in total. The second-order valence-corrected chi connectivity index (χ2v) is 5.92. The third kappa shape index (κ3) is 5.81. The normalized spacial score (nSPS) is 16.2. The molecule has 1 heterocycles. The summed E-state index contributed by atoms with van der Waals surface area (Å²) in [5.41, 5.74) is 5.71. The SMILES string of the molecule is CCCCNC(N)=NCc1ccc(N2CCOCC2)cc1C(F)(F)F. The lowest BCUT2D eigenvalue weighted by Crippen LogP contribution is -2.36. The van der Waals surface area contributed by atoms with Crippen molar-refractivity contribution < 1.29 is 17.9 Å². The lowest BCUT2D eigenvalue weighted by molar-refractivity contribution is -0.138. The van der Waals surface area contributed by atoms with E-state index in [0.29, 0.717) is 38.5 Å². The van der Waals surface area contributed by atoms with Gasteiger partial charge in [0.15, 0.2) is 5.96 Å². The van der Waals surface area contributed by atoms with Crippen molar-refractivity contribution in [2.24, 2.45) is 10.7 Å². The molecule has 0 aliphatic carbocycles. The number of anilines is 1. The Morgan fingerprint density at radius 3 is 2.68 bits per heavy atom. The van der Waals surface area contributed by atoms with Crippen molar-refractivity contribution in [2.45, 2.75) is 32.5 Å². The lowest BCUT2D eigenvalue weighted by atomic mass is 10.1. The number of aliphatic imine (C=N–C) groups is 1. The molecule has 0 atom stereocenters.